The number of aromatic nitrogens is 4. The number of carbonyl (C=O) groups excluding carboxylic acids is 2. The first-order valence-electron chi connectivity index (χ1n) is 27.2. The van der Waals surface area contributed by atoms with Crippen molar-refractivity contribution < 1.29 is 18.5 Å². The van der Waals surface area contributed by atoms with Crippen molar-refractivity contribution in [1.82, 2.24) is 33.4 Å². The molecule has 14 nitrogen and oxygen atoms in total. The molecule has 4 aromatic carbocycles. The Labute approximate surface area is 467 Å². The number of aryl methyl sites for hydroxylation is 3. The lowest BCUT2D eigenvalue weighted by atomic mass is 10.1. The molecule has 7 heterocycles. The van der Waals surface area contributed by atoms with E-state index in [-0.39, 0.29) is 18.4 Å². The Morgan fingerprint density at radius 3 is 1.73 bits per heavy atom. The lowest BCUT2D eigenvalue weighted by molar-refractivity contribution is -0.142. The third-order valence-electron chi connectivity index (χ3n) is 14.1. The van der Waals surface area contributed by atoms with Crippen molar-refractivity contribution in [2.75, 3.05) is 101 Å². The van der Waals surface area contributed by atoms with Gasteiger partial charge in [-0.2, -0.15) is 0 Å². The van der Waals surface area contributed by atoms with Crippen molar-refractivity contribution in [3.05, 3.63) is 151 Å². The first kappa shape index (κ1) is 57.4. The molecule has 1 atom stereocenters. The maximum atomic E-state index is 13.4. The van der Waals surface area contributed by atoms with Gasteiger partial charge in [-0.25, -0.2) is 12.8 Å². The lowest BCUT2D eigenvalue weighted by Gasteiger charge is -2.28. The third kappa shape index (κ3) is 14.8. The van der Waals surface area contributed by atoms with Crippen molar-refractivity contribution in [3.8, 4) is 22.5 Å². The van der Waals surface area contributed by atoms with E-state index < -0.39 is 11.0 Å². The van der Waals surface area contributed by atoms with Crippen LogP contribution in [0.4, 0.5) is 17.1 Å². The molecule has 0 radical (unpaired) electrons. The highest BCUT2D eigenvalue weighted by Crippen LogP contribution is 2.39. The van der Waals surface area contributed by atoms with E-state index in [0.29, 0.717) is 32.8 Å². The molecule has 11 rings (SSSR count). The van der Waals surface area contributed by atoms with Crippen LogP contribution in [0.5, 0.6) is 0 Å². The number of nitrogens with one attached hydrogen (secondary N) is 2. The number of amides is 2. The van der Waals surface area contributed by atoms with Gasteiger partial charge in [0.25, 0.3) is 0 Å². The van der Waals surface area contributed by atoms with Crippen LogP contribution in [-0.4, -0.2) is 136 Å². The zero-order valence-electron chi connectivity index (χ0n) is 46.6. The van der Waals surface area contributed by atoms with Crippen molar-refractivity contribution >= 4 is 73.6 Å². The van der Waals surface area contributed by atoms with Crippen LogP contribution < -0.4 is 14.7 Å². The minimum absolute atomic E-state index is 0.00303. The number of hydrogen-bond donors (Lipinski definition) is 2. The summed E-state index contributed by atoms with van der Waals surface area (Å²) < 4.78 is 22.4. The second-order valence-corrected chi connectivity index (χ2v) is 22.8. The maximum absolute atomic E-state index is 13.4. The molecule has 0 aliphatic carbocycles. The Hall–Kier alpha value is -6.82. The molecule has 3 saturated heterocycles. The van der Waals surface area contributed by atoms with Crippen LogP contribution in [0.15, 0.2) is 144 Å². The van der Waals surface area contributed by atoms with Gasteiger partial charge in [0.15, 0.2) is 0 Å². The largest absolute Gasteiger partial charge is 0.371 e. The monoisotopic (exact) mass is 1090 g/mol. The van der Waals surface area contributed by atoms with E-state index in [1.165, 1.54) is 70.1 Å². The van der Waals surface area contributed by atoms with Gasteiger partial charge < -0.3 is 34.3 Å². The van der Waals surface area contributed by atoms with Crippen LogP contribution in [0.25, 0.3) is 44.3 Å². The summed E-state index contributed by atoms with van der Waals surface area (Å²) in [6.45, 7) is 17.2. The van der Waals surface area contributed by atoms with Gasteiger partial charge >= 0.3 is 0 Å². The molecule has 3 aliphatic heterocycles. The Bertz CT molecular complexity index is 3260. The molecule has 78 heavy (non-hydrogen) atoms. The van der Waals surface area contributed by atoms with Crippen LogP contribution in [0.1, 0.15) is 56.2 Å². The number of aromatic amines is 2. The number of anilines is 3. The van der Waals surface area contributed by atoms with E-state index in [2.05, 4.69) is 122 Å². The van der Waals surface area contributed by atoms with Gasteiger partial charge in [-0.05, 0) is 167 Å². The van der Waals surface area contributed by atoms with Crippen LogP contribution in [-0.2, 0) is 25.3 Å². The van der Waals surface area contributed by atoms with E-state index in [1.807, 2.05) is 73.8 Å². The van der Waals surface area contributed by atoms with Gasteiger partial charge in [-0.3, -0.25) is 19.6 Å². The number of ether oxygens (including phenoxy) is 1. The molecule has 1 unspecified atom stereocenters. The number of rotatable bonds is 14. The van der Waals surface area contributed by atoms with E-state index in [9.17, 15) is 13.8 Å². The molecule has 4 aromatic heterocycles. The average Bonchev–Trinajstić information content (AvgIpc) is 4.40. The van der Waals surface area contributed by atoms with E-state index in [4.69, 9.17) is 4.74 Å². The van der Waals surface area contributed by atoms with Gasteiger partial charge in [0.1, 0.15) is 17.6 Å². The second-order valence-electron chi connectivity index (χ2n) is 19.9. The lowest BCUT2D eigenvalue weighted by Crippen LogP contribution is -2.45. The number of hydrogen-bond acceptors (Lipinski definition) is 10. The summed E-state index contributed by atoms with van der Waals surface area (Å²) in [5.74, 6) is 0.0304. The van der Waals surface area contributed by atoms with Gasteiger partial charge in [-0.15, -0.1) is 0 Å². The maximum Gasteiger partial charge on any atom is 0.248 e. The van der Waals surface area contributed by atoms with Gasteiger partial charge in [0, 0.05) is 151 Å². The molecule has 2 amide bonds. The average molecular weight is 1090 g/mol. The highest BCUT2D eigenvalue weighted by molar-refractivity contribution is 7.97. The van der Waals surface area contributed by atoms with E-state index >= 15 is 0 Å². The van der Waals surface area contributed by atoms with Crippen molar-refractivity contribution in [1.29, 1.82) is 0 Å². The Kier molecular flexibility index (Phi) is 20.3. The van der Waals surface area contributed by atoms with Gasteiger partial charge in [0.2, 0.25) is 11.8 Å². The molecule has 0 bridgehead atoms. The minimum Gasteiger partial charge on any atom is -0.371 e. The van der Waals surface area contributed by atoms with E-state index in [1.54, 1.807) is 53.6 Å². The zero-order chi connectivity index (χ0) is 55.1. The fourth-order valence-electron chi connectivity index (χ4n) is 9.82. The molecule has 3 aliphatic rings. The molecule has 8 aromatic rings. The first-order valence-corrected chi connectivity index (χ1v) is 29.1. The summed E-state index contributed by atoms with van der Waals surface area (Å²) >= 11 is 1.59. The number of benzene rings is 4. The summed E-state index contributed by atoms with van der Waals surface area (Å²) in [7, 11) is 4.28. The summed E-state index contributed by atoms with van der Waals surface area (Å²) in [5, 5.41) is 2.39. The second kappa shape index (κ2) is 27.7. The summed E-state index contributed by atoms with van der Waals surface area (Å²) in [4.78, 5) is 50.2. The predicted octanol–water partition coefficient (Wildman–Crippen LogP) is 11.7. The van der Waals surface area contributed by atoms with Crippen molar-refractivity contribution in [3.63, 3.8) is 0 Å². The predicted molar refractivity (Wildman–Crippen MR) is 323 cm³/mol. The van der Waals surface area contributed by atoms with Crippen molar-refractivity contribution in [2.45, 2.75) is 70.1 Å². The summed E-state index contributed by atoms with van der Waals surface area (Å²) in [5.41, 5.74) is 13.8. The smallest absolute Gasteiger partial charge is 0.248 e. The molecule has 16 heteroatoms. The Balaban J connectivity index is 0.000000178. The van der Waals surface area contributed by atoms with Crippen LogP contribution >= 0.6 is 11.9 Å². The normalized spacial score (nSPS) is 14.7. The minimum atomic E-state index is -1.33. The quantitative estimate of drug-likeness (QED) is 0.101. The van der Waals surface area contributed by atoms with Gasteiger partial charge in [-0.1, -0.05) is 38.1 Å². The molecular weight excluding hydrogens is 1010 g/mol. The number of morpholine rings is 1. The summed E-state index contributed by atoms with van der Waals surface area (Å²) in [6, 6.07) is 37.8. The summed E-state index contributed by atoms with van der Waals surface area (Å²) in [6.07, 6.45) is 11.8. The topological polar surface area (TPSA) is 137 Å². The standard InChI is InChI=1S/C28H31N5OS.C26H32N4O3S.C6H7N.C2H6/c1-20-6-7-21-17-26(30-25(21)16-20)24-18-23(8-9-27(24)33-14-4-5-15-33)35-31(2)19-28(34)32(3)22-10-12-29-13-11-22;1-19-5-6-20-16-24(27-23(20)15-19)22-17-21(7-8-25(22)29-9-3-4-10-29)34(32)28(2)11-12-30-13-14-33-18-26(30)31;1-6-2-4-7-5-3-6;1-2/h6-13,16-18,30H,4-5,14-15,19H2,1-3H3;5-8,15-17,27H,3-4,9-14,18H2,1-2H3;2-5H,1H3;1-2H3. The Morgan fingerprint density at radius 1 is 0.654 bits per heavy atom. The number of nitrogens with zero attached hydrogens (tertiary/aromatic N) is 8. The molecule has 2 N–H and O–H groups in total. The molecular formula is C62H76N10O4S2. The fraction of sp³-hybridized carbons (Fsp3) is 0.355. The van der Waals surface area contributed by atoms with Crippen LogP contribution in [0, 0.1) is 20.8 Å². The van der Waals surface area contributed by atoms with Crippen LogP contribution in [0.2, 0.25) is 0 Å². The molecule has 3 fully saturated rings. The Morgan fingerprint density at radius 2 is 1.19 bits per heavy atom. The molecule has 410 valence electrons. The number of fused-ring (bicyclic) bond motifs is 2. The number of likely N-dealkylation sites (N-methyl/N-ethyl adjacent to an activating group) is 3. The highest BCUT2D eigenvalue weighted by Gasteiger charge is 2.24. The van der Waals surface area contributed by atoms with Crippen LogP contribution in [0.3, 0.4) is 0 Å². The molecule has 0 spiro atoms. The fourth-order valence-corrected chi connectivity index (χ4v) is 11.7. The SMILES string of the molecule is CC.Cc1ccc2cc(-c3cc(S(=O)N(C)CCN4CCOCC4=O)ccc3N3CCCC3)[nH]c2c1.Cc1ccc2cc(-c3cc(SN(C)CC(=O)N(C)c4ccncc4)ccc3N3CCCC3)[nH]c2c1.Cc1ccncc1. The number of H-pyrrole nitrogens is 2. The first-order chi connectivity index (χ1) is 37.9. The zero-order valence-corrected chi connectivity index (χ0v) is 48.3. The van der Waals surface area contributed by atoms with Gasteiger partial charge in [0.05, 0.1) is 18.0 Å². The van der Waals surface area contributed by atoms with E-state index in [0.717, 1.165) is 69.6 Å². The van der Waals surface area contributed by atoms with Crippen molar-refractivity contribution in [2.24, 2.45) is 0 Å². The molecule has 0 saturated carbocycles. The highest BCUT2D eigenvalue weighted by atomic mass is 32.2. The number of pyridine rings is 2. The number of carbonyl (C=O) groups is 2. The third-order valence-corrected chi connectivity index (χ3v) is 16.4.